The summed E-state index contributed by atoms with van der Waals surface area (Å²) >= 11 is 0. The highest BCUT2D eigenvalue weighted by atomic mass is 16.2. The molecule has 0 saturated carbocycles. The van der Waals surface area contributed by atoms with E-state index in [0.29, 0.717) is 12.5 Å². The lowest BCUT2D eigenvalue weighted by Gasteiger charge is -2.35. The molecule has 0 aromatic rings. The number of carbonyl (C=O) groups excluding carboxylic acids is 1. The van der Waals surface area contributed by atoms with Gasteiger partial charge in [0.1, 0.15) is 6.04 Å². The summed E-state index contributed by atoms with van der Waals surface area (Å²) < 4.78 is 0. The molecular weight excluding hydrogens is 166 g/mol. The van der Waals surface area contributed by atoms with Crippen molar-refractivity contribution in [2.45, 2.75) is 19.9 Å². The summed E-state index contributed by atoms with van der Waals surface area (Å²) in [6.07, 6.45) is 0. The number of rotatable bonds is 3. The number of hydrogen-bond donors (Lipinski definition) is 2. The predicted octanol–water partition coefficient (Wildman–Crippen LogP) is -0.598. The van der Waals surface area contributed by atoms with Crippen molar-refractivity contribution in [3.63, 3.8) is 0 Å². The Morgan fingerprint density at radius 1 is 1.69 bits per heavy atom. The lowest BCUT2D eigenvalue weighted by molar-refractivity contribution is -0.128. The Hall–Kier alpha value is -0.610. The average molecular weight is 185 g/mol. The zero-order valence-electron chi connectivity index (χ0n) is 8.42. The largest absolute Gasteiger partial charge is 0.353 e. The normalized spacial score (nSPS) is 24.9. The molecule has 1 unspecified atom stereocenters. The zero-order chi connectivity index (χ0) is 9.84. The van der Waals surface area contributed by atoms with Crippen LogP contribution in [0.15, 0.2) is 0 Å². The predicted molar refractivity (Wildman–Crippen MR) is 52.3 cm³/mol. The first kappa shape index (κ1) is 10.5. The van der Waals surface area contributed by atoms with Crippen LogP contribution in [0.1, 0.15) is 13.8 Å². The van der Waals surface area contributed by atoms with Crippen molar-refractivity contribution < 1.29 is 4.79 Å². The molecule has 0 aliphatic carbocycles. The number of amides is 1. The maximum atomic E-state index is 11.4. The van der Waals surface area contributed by atoms with Gasteiger partial charge in [-0.05, 0) is 5.92 Å². The molecule has 1 fully saturated rings. The van der Waals surface area contributed by atoms with E-state index in [0.717, 1.165) is 19.6 Å². The van der Waals surface area contributed by atoms with Gasteiger partial charge in [0.25, 0.3) is 0 Å². The number of nitrogens with zero attached hydrogens (tertiary/aromatic N) is 1. The van der Waals surface area contributed by atoms with Crippen LogP contribution < -0.4 is 11.1 Å². The van der Waals surface area contributed by atoms with E-state index in [2.05, 4.69) is 24.1 Å². The smallest absolute Gasteiger partial charge is 0.238 e. The van der Waals surface area contributed by atoms with Crippen LogP contribution in [0.5, 0.6) is 0 Å². The Labute approximate surface area is 79.5 Å². The van der Waals surface area contributed by atoms with Gasteiger partial charge < -0.3 is 11.1 Å². The Morgan fingerprint density at radius 2 is 2.38 bits per heavy atom. The van der Waals surface area contributed by atoms with Gasteiger partial charge in [0, 0.05) is 26.2 Å². The van der Waals surface area contributed by atoms with Crippen LogP contribution >= 0.6 is 0 Å². The average Bonchev–Trinajstić information content (AvgIpc) is 2.03. The van der Waals surface area contributed by atoms with E-state index in [-0.39, 0.29) is 11.9 Å². The van der Waals surface area contributed by atoms with Crippen molar-refractivity contribution in [3.05, 3.63) is 0 Å². The molecule has 76 valence electrons. The van der Waals surface area contributed by atoms with Crippen LogP contribution in [0.4, 0.5) is 0 Å². The summed E-state index contributed by atoms with van der Waals surface area (Å²) in [5.74, 6) is 0.661. The molecule has 3 N–H and O–H groups in total. The first-order valence-electron chi connectivity index (χ1n) is 4.87. The molecular formula is C9H19N3O. The molecule has 1 aliphatic heterocycles. The van der Waals surface area contributed by atoms with Crippen LogP contribution in [0, 0.1) is 5.92 Å². The minimum absolute atomic E-state index is 0.0781. The fraction of sp³-hybridized carbons (Fsp3) is 0.889. The van der Waals surface area contributed by atoms with Crippen molar-refractivity contribution in [1.29, 1.82) is 0 Å². The van der Waals surface area contributed by atoms with Gasteiger partial charge in [-0.2, -0.15) is 0 Å². The minimum Gasteiger partial charge on any atom is -0.353 e. The lowest BCUT2D eigenvalue weighted by Crippen LogP contribution is -2.58. The fourth-order valence-corrected chi connectivity index (χ4v) is 1.71. The monoisotopic (exact) mass is 185 g/mol. The molecule has 0 aromatic carbocycles. The first-order chi connectivity index (χ1) is 6.15. The Kier molecular flexibility index (Phi) is 3.69. The number of nitrogens with one attached hydrogen (secondary N) is 1. The minimum atomic E-state index is -0.115. The molecule has 1 aliphatic rings. The van der Waals surface area contributed by atoms with Gasteiger partial charge >= 0.3 is 0 Å². The van der Waals surface area contributed by atoms with E-state index >= 15 is 0 Å². The summed E-state index contributed by atoms with van der Waals surface area (Å²) in [5.41, 5.74) is 5.56. The molecule has 0 radical (unpaired) electrons. The fourth-order valence-electron chi connectivity index (χ4n) is 1.71. The molecule has 4 heteroatoms. The molecule has 1 amide bonds. The van der Waals surface area contributed by atoms with E-state index < -0.39 is 0 Å². The second-order valence-corrected chi connectivity index (χ2v) is 3.93. The van der Waals surface area contributed by atoms with Crippen molar-refractivity contribution >= 4 is 5.91 Å². The van der Waals surface area contributed by atoms with Crippen LogP contribution in [0.2, 0.25) is 0 Å². The van der Waals surface area contributed by atoms with E-state index in [1.165, 1.54) is 0 Å². The van der Waals surface area contributed by atoms with Gasteiger partial charge in [-0.1, -0.05) is 13.8 Å². The molecule has 13 heavy (non-hydrogen) atoms. The van der Waals surface area contributed by atoms with E-state index in [4.69, 9.17) is 5.73 Å². The SMILES string of the molecule is CC(C)CN1CCNC(=O)C1CN. The Balaban J connectivity index is 2.54. The molecule has 1 rings (SSSR count). The van der Waals surface area contributed by atoms with Gasteiger partial charge in [-0.25, -0.2) is 0 Å². The third-order valence-corrected chi connectivity index (χ3v) is 2.26. The number of nitrogens with two attached hydrogens (primary N) is 1. The van der Waals surface area contributed by atoms with Crippen molar-refractivity contribution in [1.82, 2.24) is 10.2 Å². The second kappa shape index (κ2) is 4.58. The summed E-state index contributed by atoms with van der Waals surface area (Å²) in [6.45, 7) is 7.35. The second-order valence-electron chi connectivity index (χ2n) is 3.93. The van der Waals surface area contributed by atoms with Crippen LogP contribution in [-0.4, -0.2) is 43.0 Å². The first-order valence-corrected chi connectivity index (χ1v) is 4.87. The quantitative estimate of drug-likeness (QED) is 0.617. The number of carbonyl (C=O) groups is 1. The van der Waals surface area contributed by atoms with Crippen LogP contribution in [0.3, 0.4) is 0 Å². The van der Waals surface area contributed by atoms with Gasteiger partial charge in [0.05, 0.1) is 0 Å². The molecule has 0 aromatic heterocycles. The molecule has 0 spiro atoms. The molecule has 1 atom stereocenters. The number of hydrogen-bond acceptors (Lipinski definition) is 3. The molecule has 4 nitrogen and oxygen atoms in total. The molecule has 1 heterocycles. The Bertz CT molecular complexity index is 182. The molecule has 1 saturated heterocycles. The van der Waals surface area contributed by atoms with Gasteiger partial charge in [-0.3, -0.25) is 9.69 Å². The topological polar surface area (TPSA) is 58.4 Å². The number of piperazine rings is 1. The zero-order valence-corrected chi connectivity index (χ0v) is 8.42. The highest BCUT2D eigenvalue weighted by Crippen LogP contribution is 2.06. The van der Waals surface area contributed by atoms with Crippen molar-refractivity contribution in [2.75, 3.05) is 26.2 Å². The summed E-state index contributed by atoms with van der Waals surface area (Å²) in [6, 6.07) is -0.115. The molecule has 0 bridgehead atoms. The van der Waals surface area contributed by atoms with Crippen molar-refractivity contribution in [3.8, 4) is 0 Å². The highest BCUT2D eigenvalue weighted by Gasteiger charge is 2.28. The standard InChI is InChI=1S/C9H19N3O/c1-7(2)6-12-4-3-11-9(13)8(12)5-10/h7-8H,3-6,10H2,1-2H3,(H,11,13). The lowest BCUT2D eigenvalue weighted by atomic mass is 10.1. The summed E-state index contributed by atoms with van der Waals surface area (Å²) in [4.78, 5) is 13.6. The van der Waals surface area contributed by atoms with Gasteiger partial charge in [-0.15, -0.1) is 0 Å². The maximum Gasteiger partial charge on any atom is 0.238 e. The van der Waals surface area contributed by atoms with Crippen molar-refractivity contribution in [2.24, 2.45) is 11.7 Å². The van der Waals surface area contributed by atoms with E-state index in [9.17, 15) is 4.79 Å². The van der Waals surface area contributed by atoms with Crippen LogP contribution in [-0.2, 0) is 4.79 Å². The van der Waals surface area contributed by atoms with E-state index in [1.807, 2.05) is 0 Å². The van der Waals surface area contributed by atoms with E-state index in [1.54, 1.807) is 0 Å². The van der Waals surface area contributed by atoms with Gasteiger partial charge in [0.2, 0.25) is 5.91 Å². The highest BCUT2D eigenvalue weighted by molar-refractivity contribution is 5.82. The third-order valence-electron chi connectivity index (χ3n) is 2.26. The van der Waals surface area contributed by atoms with Gasteiger partial charge in [0.15, 0.2) is 0 Å². The summed E-state index contributed by atoms with van der Waals surface area (Å²) in [7, 11) is 0. The maximum absolute atomic E-state index is 11.4. The summed E-state index contributed by atoms with van der Waals surface area (Å²) in [5, 5.41) is 2.83. The third kappa shape index (κ3) is 2.67. The van der Waals surface area contributed by atoms with Crippen LogP contribution in [0.25, 0.3) is 0 Å². The Morgan fingerprint density at radius 3 is 2.92 bits per heavy atom.